The molecule has 2 aromatic carbocycles. The molecule has 1 unspecified atom stereocenters. The number of methoxy groups -OCH3 is 1. The maximum Gasteiger partial charge on any atom is 0.305 e. The zero-order valence-electron chi connectivity index (χ0n) is 15.5. The lowest BCUT2D eigenvalue weighted by atomic mass is 10.0. The SMILES string of the molecule is COC(=O)CCC(COc1ccccc1)C(=O)Nc1cc(C)cc(C)c1. The highest BCUT2D eigenvalue weighted by atomic mass is 16.5. The van der Waals surface area contributed by atoms with E-state index in [4.69, 9.17) is 4.74 Å². The number of rotatable bonds is 8. The van der Waals surface area contributed by atoms with Crippen LogP contribution in [0.15, 0.2) is 48.5 Å². The van der Waals surface area contributed by atoms with Gasteiger partial charge in [0.2, 0.25) is 5.91 Å². The number of hydrogen-bond acceptors (Lipinski definition) is 4. The number of aryl methyl sites for hydroxylation is 2. The van der Waals surface area contributed by atoms with Crippen molar-refractivity contribution in [3.8, 4) is 5.75 Å². The first-order valence-electron chi connectivity index (χ1n) is 8.61. The van der Waals surface area contributed by atoms with Crippen molar-refractivity contribution in [2.45, 2.75) is 26.7 Å². The molecule has 1 amide bonds. The van der Waals surface area contributed by atoms with E-state index in [-0.39, 0.29) is 24.9 Å². The predicted octanol–water partition coefficient (Wildman–Crippen LogP) is 3.89. The molecule has 0 spiro atoms. The Balaban J connectivity index is 2.05. The van der Waals surface area contributed by atoms with E-state index in [0.29, 0.717) is 12.2 Å². The van der Waals surface area contributed by atoms with Gasteiger partial charge >= 0.3 is 5.97 Å². The van der Waals surface area contributed by atoms with E-state index in [1.807, 2.05) is 62.4 Å². The zero-order chi connectivity index (χ0) is 18.9. The highest BCUT2D eigenvalue weighted by Gasteiger charge is 2.21. The molecule has 1 atom stereocenters. The molecule has 0 heterocycles. The van der Waals surface area contributed by atoms with Crippen LogP contribution in [0.3, 0.4) is 0 Å². The highest BCUT2D eigenvalue weighted by Crippen LogP contribution is 2.18. The molecule has 0 bridgehead atoms. The number of anilines is 1. The Bertz CT molecular complexity index is 723. The smallest absolute Gasteiger partial charge is 0.305 e. The second-order valence-corrected chi connectivity index (χ2v) is 6.30. The van der Waals surface area contributed by atoms with Crippen LogP contribution in [0.2, 0.25) is 0 Å². The number of carbonyl (C=O) groups is 2. The average Bonchev–Trinajstić information content (AvgIpc) is 2.61. The average molecular weight is 355 g/mol. The van der Waals surface area contributed by atoms with E-state index in [1.165, 1.54) is 7.11 Å². The van der Waals surface area contributed by atoms with Crippen molar-refractivity contribution in [1.82, 2.24) is 0 Å². The maximum absolute atomic E-state index is 12.7. The molecule has 0 radical (unpaired) electrons. The van der Waals surface area contributed by atoms with Crippen LogP contribution in [-0.2, 0) is 14.3 Å². The topological polar surface area (TPSA) is 64.6 Å². The first kappa shape index (κ1) is 19.5. The van der Waals surface area contributed by atoms with Crippen LogP contribution in [0.25, 0.3) is 0 Å². The molecule has 0 aliphatic carbocycles. The van der Waals surface area contributed by atoms with Crippen LogP contribution in [0.4, 0.5) is 5.69 Å². The minimum absolute atomic E-state index is 0.166. The summed E-state index contributed by atoms with van der Waals surface area (Å²) in [5.41, 5.74) is 2.90. The van der Waals surface area contributed by atoms with Crippen LogP contribution in [0, 0.1) is 19.8 Å². The van der Waals surface area contributed by atoms with Gasteiger partial charge < -0.3 is 14.8 Å². The molecule has 0 aliphatic heterocycles. The number of benzene rings is 2. The second-order valence-electron chi connectivity index (χ2n) is 6.30. The molecule has 1 N–H and O–H groups in total. The second kappa shape index (κ2) is 9.61. The quantitative estimate of drug-likeness (QED) is 0.730. The van der Waals surface area contributed by atoms with Crippen molar-refractivity contribution < 1.29 is 19.1 Å². The lowest BCUT2D eigenvalue weighted by molar-refractivity contribution is -0.141. The van der Waals surface area contributed by atoms with E-state index >= 15 is 0 Å². The van der Waals surface area contributed by atoms with E-state index in [9.17, 15) is 9.59 Å². The van der Waals surface area contributed by atoms with E-state index < -0.39 is 5.92 Å². The van der Waals surface area contributed by atoms with Crippen LogP contribution in [0.5, 0.6) is 5.75 Å². The van der Waals surface area contributed by atoms with Gasteiger partial charge in [0, 0.05) is 12.1 Å². The molecule has 5 heteroatoms. The number of amides is 1. The molecule has 2 rings (SSSR count). The summed E-state index contributed by atoms with van der Waals surface area (Å²) in [6, 6.07) is 15.2. The Labute approximate surface area is 154 Å². The normalized spacial score (nSPS) is 11.5. The lowest BCUT2D eigenvalue weighted by Crippen LogP contribution is -2.29. The zero-order valence-corrected chi connectivity index (χ0v) is 15.5. The summed E-state index contributed by atoms with van der Waals surface area (Å²) in [7, 11) is 1.34. The number of ether oxygens (including phenoxy) is 2. The van der Waals surface area contributed by atoms with Crippen LogP contribution in [0.1, 0.15) is 24.0 Å². The summed E-state index contributed by atoms with van der Waals surface area (Å²) in [5.74, 6) is -0.284. The van der Waals surface area contributed by atoms with Gasteiger partial charge in [0.05, 0.1) is 19.6 Å². The summed E-state index contributed by atoms with van der Waals surface area (Å²) in [5, 5.41) is 2.93. The monoisotopic (exact) mass is 355 g/mol. The molecular formula is C21H25NO4. The van der Waals surface area contributed by atoms with Crippen molar-refractivity contribution in [2.24, 2.45) is 5.92 Å². The van der Waals surface area contributed by atoms with E-state index in [0.717, 1.165) is 16.8 Å². The number of carbonyl (C=O) groups excluding carboxylic acids is 2. The van der Waals surface area contributed by atoms with Gasteiger partial charge in [-0.25, -0.2) is 0 Å². The summed E-state index contributed by atoms with van der Waals surface area (Å²) in [6.45, 7) is 4.16. The molecule has 0 fully saturated rings. The Kier molecular flexibility index (Phi) is 7.21. The van der Waals surface area contributed by atoms with Gasteiger partial charge in [0.1, 0.15) is 5.75 Å². The molecule has 0 saturated heterocycles. The number of hydrogen-bond donors (Lipinski definition) is 1. The first-order chi connectivity index (χ1) is 12.5. The summed E-state index contributed by atoms with van der Waals surface area (Å²) >= 11 is 0. The minimum atomic E-state index is -0.463. The van der Waals surface area contributed by atoms with Crippen LogP contribution in [-0.4, -0.2) is 25.6 Å². The standard InChI is InChI=1S/C21H25NO4/c1-15-11-16(2)13-18(12-15)22-21(24)17(9-10-20(23)25-3)14-26-19-7-5-4-6-8-19/h4-8,11-13,17H,9-10,14H2,1-3H3,(H,22,24). The fourth-order valence-electron chi connectivity index (χ4n) is 2.69. The van der Waals surface area contributed by atoms with E-state index in [1.54, 1.807) is 0 Å². The number of para-hydroxylation sites is 1. The fourth-order valence-corrected chi connectivity index (χ4v) is 2.69. The third-order valence-corrected chi connectivity index (χ3v) is 3.98. The van der Waals surface area contributed by atoms with Crippen LogP contribution < -0.4 is 10.1 Å². The third kappa shape index (κ3) is 6.24. The maximum atomic E-state index is 12.7. The predicted molar refractivity (Wildman–Crippen MR) is 101 cm³/mol. The Morgan fingerprint density at radius 3 is 2.31 bits per heavy atom. The first-order valence-corrected chi connectivity index (χ1v) is 8.61. The Hall–Kier alpha value is -2.82. The Morgan fingerprint density at radius 1 is 1.04 bits per heavy atom. The molecule has 26 heavy (non-hydrogen) atoms. The fraction of sp³-hybridized carbons (Fsp3) is 0.333. The lowest BCUT2D eigenvalue weighted by Gasteiger charge is -2.18. The highest BCUT2D eigenvalue weighted by molar-refractivity contribution is 5.93. The van der Waals surface area contributed by atoms with Gasteiger partial charge in [-0.15, -0.1) is 0 Å². The van der Waals surface area contributed by atoms with Crippen molar-refractivity contribution >= 4 is 17.6 Å². The van der Waals surface area contributed by atoms with Crippen molar-refractivity contribution in [2.75, 3.05) is 19.0 Å². The van der Waals surface area contributed by atoms with Gasteiger partial charge in [-0.3, -0.25) is 9.59 Å². The van der Waals surface area contributed by atoms with Crippen molar-refractivity contribution in [3.63, 3.8) is 0 Å². The summed E-state index contributed by atoms with van der Waals surface area (Å²) in [6.07, 6.45) is 0.524. The molecule has 5 nitrogen and oxygen atoms in total. The summed E-state index contributed by atoms with van der Waals surface area (Å²) < 4.78 is 10.4. The molecule has 0 aromatic heterocycles. The van der Waals surface area contributed by atoms with Gasteiger partial charge in [-0.1, -0.05) is 24.3 Å². The molecule has 2 aromatic rings. The van der Waals surface area contributed by atoms with Gasteiger partial charge in [-0.2, -0.15) is 0 Å². The molecule has 138 valence electrons. The van der Waals surface area contributed by atoms with E-state index in [2.05, 4.69) is 10.1 Å². The molecular weight excluding hydrogens is 330 g/mol. The van der Waals surface area contributed by atoms with Crippen LogP contribution >= 0.6 is 0 Å². The van der Waals surface area contributed by atoms with Crippen molar-refractivity contribution in [1.29, 1.82) is 0 Å². The van der Waals surface area contributed by atoms with Gasteiger partial charge in [0.15, 0.2) is 0 Å². The minimum Gasteiger partial charge on any atom is -0.493 e. The molecule has 0 aliphatic rings. The summed E-state index contributed by atoms with van der Waals surface area (Å²) in [4.78, 5) is 24.2. The largest absolute Gasteiger partial charge is 0.493 e. The number of nitrogens with one attached hydrogen (secondary N) is 1. The molecule has 0 saturated carbocycles. The Morgan fingerprint density at radius 2 is 1.69 bits per heavy atom. The third-order valence-electron chi connectivity index (χ3n) is 3.98. The number of esters is 1. The van der Waals surface area contributed by atoms with Crippen molar-refractivity contribution in [3.05, 3.63) is 59.7 Å². The van der Waals surface area contributed by atoms with Gasteiger partial charge in [-0.05, 0) is 55.7 Å². The van der Waals surface area contributed by atoms with Gasteiger partial charge in [0.25, 0.3) is 0 Å².